The van der Waals surface area contributed by atoms with E-state index in [0.717, 1.165) is 38.3 Å². The van der Waals surface area contributed by atoms with Crippen LogP contribution in [-0.2, 0) is 6.54 Å². The third kappa shape index (κ3) is 2.78. The van der Waals surface area contributed by atoms with Gasteiger partial charge in [-0.3, -0.25) is 4.90 Å². The van der Waals surface area contributed by atoms with E-state index in [4.69, 9.17) is 18.0 Å². The van der Waals surface area contributed by atoms with Crippen molar-refractivity contribution in [2.75, 3.05) is 26.2 Å². The van der Waals surface area contributed by atoms with Gasteiger partial charge in [-0.1, -0.05) is 36.5 Å². The Morgan fingerprint density at radius 1 is 1.31 bits per heavy atom. The lowest BCUT2D eigenvalue weighted by Crippen LogP contribution is -2.43. The van der Waals surface area contributed by atoms with E-state index in [0.29, 0.717) is 4.99 Å². The lowest BCUT2D eigenvalue weighted by atomic mass is 10.1. The highest BCUT2D eigenvalue weighted by molar-refractivity contribution is 7.80. The van der Waals surface area contributed by atoms with Gasteiger partial charge in [0.15, 0.2) is 0 Å². The summed E-state index contributed by atoms with van der Waals surface area (Å²) < 4.78 is 0. The van der Waals surface area contributed by atoms with Crippen LogP contribution in [0.2, 0.25) is 0 Å². The fourth-order valence-corrected chi connectivity index (χ4v) is 2.21. The number of hydrogen-bond acceptors (Lipinski definition) is 3. The van der Waals surface area contributed by atoms with Crippen LogP contribution in [0.5, 0.6) is 0 Å². The molecule has 4 heteroatoms. The summed E-state index contributed by atoms with van der Waals surface area (Å²) in [5.41, 5.74) is 7.96. The largest absolute Gasteiger partial charge is 0.389 e. The predicted octanol–water partition coefficient (Wildman–Crippen LogP) is 0.726. The van der Waals surface area contributed by atoms with Crippen LogP contribution >= 0.6 is 12.2 Å². The van der Waals surface area contributed by atoms with Gasteiger partial charge in [0.1, 0.15) is 4.99 Å². The Kier molecular flexibility index (Phi) is 3.88. The minimum atomic E-state index is 0.491. The molecule has 1 heterocycles. The number of nitrogens with one attached hydrogen (secondary N) is 1. The number of nitrogens with two attached hydrogens (primary N) is 1. The number of benzene rings is 1. The predicted molar refractivity (Wildman–Crippen MR) is 70.5 cm³/mol. The molecule has 86 valence electrons. The van der Waals surface area contributed by atoms with Crippen molar-refractivity contribution >= 4 is 17.2 Å². The molecule has 1 aromatic rings. The van der Waals surface area contributed by atoms with E-state index in [-0.39, 0.29) is 0 Å². The fraction of sp³-hybridized carbons (Fsp3) is 0.417. The number of nitrogens with zero attached hydrogens (tertiary/aromatic N) is 1. The molecule has 16 heavy (non-hydrogen) atoms. The Bertz CT molecular complexity index is 372. The van der Waals surface area contributed by atoms with Crippen LogP contribution < -0.4 is 11.1 Å². The maximum Gasteiger partial charge on any atom is 0.104 e. The third-order valence-corrected chi connectivity index (χ3v) is 3.11. The molecular weight excluding hydrogens is 218 g/mol. The Morgan fingerprint density at radius 3 is 2.69 bits per heavy atom. The Hall–Kier alpha value is -0.970. The highest BCUT2D eigenvalue weighted by Gasteiger charge is 2.12. The first-order chi connectivity index (χ1) is 7.77. The van der Waals surface area contributed by atoms with E-state index in [9.17, 15) is 0 Å². The summed E-state index contributed by atoms with van der Waals surface area (Å²) in [4.78, 5) is 2.92. The van der Waals surface area contributed by atoms with Crippen molar-refractivity contribution < 1.29 is 0 Å². The van der Waals surface area contributed by atoms with Gasteiger partial charge in [0.2, 0.25) is 0 Å². The summed E-state index contributed by atoms with van der Waals surface area (Å²) in [6.45, 7) is 5.25. The van der Waals surface area contributed by atoms with Gasteiger partial charge in [-0.25, -0.2) is 0 Å². The molecule has 2 rings (SSSR count). The fourth-order valence-electron chi connectivity index (χ4n) is 2.01. The second kappa shape index (κ2) is 5.39. The maximum atomic E-state index is 5.72. The first kappa shape index (κ1) is 11.5. The molecule has 0 aromatic heterocycles. The highest BCUT2D eigenvalue weighted by atomic mass is 32.1. The first-order valence-electron chi connectivity index (χ1n) is 5.58. The van der Waals surface area contributed by atoms with Gasteiger partial charge in [0.05, 0.1) is 0 Å². The summed E-state index contributed by atoms with van der Waals surface area (Å²) in [6.07, 6.45) is 0. The molecule has 0 unspecified atom stereocenters. The molecule has 1 aromatic carbocycles. The Labute approximate surface area is 102 Å². The Balaban J connectivity index is 2.10. The van der Waals surface area contributed by atoms with Crippen LogP contribution in [0.3, 0.4) is 0 Å². The quantitative estimate of drug-likeness (QED) is 0.758. The topological polar surface area (TPSA) is 41.3 Å². The van der Waals surface area contributed by atoms with Gasteiger partial charge < -0.3 is 11.1 Å². The molecule has 0 atom stereocenters. The van der Waals surface area contributed by atoms with Gasteiger partial charge >= 0.3 is 0 Å². The molecule has 0 bridgehead atoms. The van der Waals surface area contributed by atoms with Crippen molar-refractivity contribution in [3.63, 3.8) is 0 Å². The summed E-state index contributed by atoms with van der Waals surface area (Å²) in [7, 11) is 0. The average Bonchev–Trinajstić information content (AvgIpc) is 2.31. The Morgan fingerprint density at radius 2 is 2.00 bits per heavy atom. The molecular formula is C12H17N3S. The number of rotatable bonds is 3. The molecule has 3 nitrogen and oxygen atoms in total. The second-order valence-electron chi connectivity index (χ2n) is 4.05. The SMILES string of the molecule is NC(=S)c1ccccc1CN1CCNCC1. The van der Waals surface area contributed by atoms with E-state index in [2.05, 4.69) is 16.3 Å². The average molecular weight is 235 g/mol. The summed E-state index contributed by atoms with van der Waals surface area (Å²) in [5.74, 6) is 0. The standard InChI is InChI=1S/C12H17N3S/c13-12(16)11-4-2-1-3-10(11)9-15-7-5-14-6-8-15/h1-4,14H,5-9H2,(H2,13,16). The minimum absolute atomic E-state index is 0.491. The van der Waals surface area contributed by atoms with Gasteiger partial charge in [0.25, 0.3) is 0 Å². The third-order valence-electron chi connectivity index (χ3n) is 2.89. The van der Waals surface area contributed by atoms with E-state index in [1.807, 2.05) is 18.2 Å². The van der Waals surface area contributed by atoms with E-state index in [1.54, 1.807) is 0 Å². The van der Waals surface area contributed by atoms with Crippen molar-refractivity contribution in [1.29, 1.82) is 0 Å². The molecule has 1 fully saturated rings. The van der Waals surface area contributed by atoms with Crippen molar-refractivity contribution in [2.45, 2.75) is 6.54 Å². The molecule has 0 amide bonds. The van der Waals surface area contributed by atoms with Gasteiger partial charge in [-0.15, -0.1) is 0 Å². The van der Waals surface area contributed by atoms with Gasteiger partial charge in [0, 0.05) is 38.3 Å². The van der Waals surface area contributed by atoms with E-state index in [1.165, 1.54) is 5.56 Å². The van der Waals surface area contributed by atoms with Crippen molar-refractivity contribution in [1.82, 2.24) is 10.2 Å². The maximum absolute atomic E-state index is 5.72. The molecule has 0 aliphatic carbocycles. The van der Waals surface area contributed by atoms with Gasteiger partial charge in [-0.2, -0.15) is 0 Å². The zero-order valence-electron chi connectivity index (χ0n) is 9.28. The van der Waals surface area contributed by atoms with Crippen LogP contribution in [0.4, 0.5) is 0 Å². The molecule has 1 aliphatic heterocycles. The number of thiocarbonyl (C=S) groups is 1. The van der Waals surface area contributed by atoms with Crippen molar-refractivity contribution in [3.8, 4) is 0 Å². The minimum Gasteiger partial charge on any atom is -0.389 e. The molecule has 0 spiro atoms. The van der Waals surface area contributed by atoms with Crippen LogP contribution in [0.15, 0.2) is 24.3 Å². The molecule has 3 N–H and O–H groups in total. The van der Waals surface area contributed by atoms with Crippen LogP contribution in [-0.4, -0.2) is 36.1 Å². The zero-order valence-corrected chi connectivity index (χ0v) is 10.1. The first-order valence-corrected chi connectivity index (χ1v) is 5.99. The van der Waals surface area contributed by atoms with E-state index >= 15 is 0 Å². The smallest absolute Gasteiger partial charge is 0.104 e. The van der Waals surface area contributed by atoms with Crippen molar-refractivity contribution in [2.24, 2.45) is 5.73 Å². The zero-order chi connectivity index (χ0) is 11.4. The van der Waals surface area contributed by atoms with Gasteiger partial charge in [-0.05, 0) is 5.56 Å². The number of hydrogen-bond donors (Lipinski definition) is 2. The molecule has 1 aliphatic rings. The highest BCUT2D eigenvalue weighted by Crippen LogP contribution is 2.12. The van der Waals surface area contributed by atoms with Crippen LogP contribution in [0, 0.1) is 0 Å². The van der Waals surface area contributed by atoms with Crippen molar-refractivity contribution in [3.05, 3.63) is 35.4 Å². The summed E-state index contributed by atoms with van der Waals surface area (Å²) in [6, 6.07) is 8.13. The monoisotopic (exact) mass is 235 g/mol. The number of piperazine rings is 1. The lowest BCUT2D eigenvalue weighted by molar-refractivity contribution is 0.233. The molecule has 1 saturated heterocycles. The summed E-state index contributed by atoms with van der Waals surface area (Å²) in [5, 5.41) is 3.35. The second-order valence-corrected chi connectivity index (χ2v) is 4.49. The van der Waals surface area contributed by atoms with Crippen LogP contribution in [0.25, 0.3) is 0 Å². The van der Waals surface area contributed by atoms with Crippen LogP contribution in [0.1, 0.15) is 11.1 Å². The molecule has 0 saturated carbocycles. The lowest BCUT2D eigenvalue weighted by Gasteiger charge is -2.27. The summed E-state index contributed by atoms with van der Waals surface area (Å²) >= 11 is 5.06. The normalized spacial score (nSPS) is 17.2. The molecule has 0 radical (unpaired) electrons. The van der Waals surface area contributed by atoms with E-state index < -0.39 is 0 Å².